The van der Waals surface area contributed by atoms with Gasteiger partial charge < -0.3 is 5.11 Å². The molecule has 0 aliphatic carbocycles. The smallest absolute Gasteiger partial charge is 0.133 e. The molecule has 0 radical (unpaired) electrons. The van der Waals surface area contributed by atoms with Crippen molar-refractivity contribution in [2.75, 3.05) is 13.8 Å². The van der Waals surface area contributed by atoms with Gasteiger partial charge in [-0.05, 0) is 12.1 Å². The van der Waals surface area contributed by atoms with Crippen molar-refractivity contribution in [3.05, 3.63) is 23.5 Å². The number of aliphatic hydroxyl groups is 1. The molecule has 0 saturated carbocycles. The molecule has 0 spiro atoms. The minimum atomic E-state index is -0.176. The molecule has 0 unspecified atom stereocenters. The molecule has 0 atom stereocenters. The lowest BCUT2D eigenvalue weighted by molar-refractivity contribution is 0.129. The third-order valence-electron chi connectivity index (χ3n) is 1.23. The maximum Gasteiger partial charge on any atom is 0.133 e. The second kappa shape index (κ2) is 4.74. The standard InChI is InChI=1S/C7H9ClN4O/c1-12(5-13)11-10-6-2-3-7(8)9-4-6/h2-4,13H,5H2,1H3. The van der Waals surface area contributed by atoms with Crippen LogP contribution in [0, 0.1) is 0 Å². The summed E-state index contributed by atoms with van der Waals surface area (Å²) in [6, 6.07) is 3.30. The van der Waals surface area contributed by atoms with Gasteiger partial charge in [0.15, 0.2) is 0 Å². The van der Waals surface area contributed by atoms with Crippen LogP contribution < -0.4 is 0 Å². The fourth-order valence-corrected chi connectivity index (χ4v) is 0.695. The highest BCUT2D eigenvalue weighted by atomic mass is 35.5. The molecule has 70 valence electrons. The first-order valence-corrected chi connectivity index (χ1v) is 3.95. The molecule has 0 saturated heterocycles. The van der Waals surface area contributed by atoms with Crippen molar-refractivity contribution in [3.8, 4) is 0 Å². The SMILES string of the molecule is CN(CO)N=Nc1ccc(Cl)nc1. The van der Waals surface area contributed by atoms with Gasteiger partial charge >= 0.3 is 0 Å². The number of pyridine rings is 1. The van der Waals surface area contributed by atoms with Crippen molar-refractivity contribution >= 4 is 17.3 Å². The van der Waals surface area contributed by atoms with E-state index in [0.717, 1.165) is 0 Å². The molecule has 6 heteroatoms. The van der Waals surface area contributed by atoms with Gasteiger partial charge in [-0.2, -0.15) is 0 Å². The van der Waals surface area contributed by atoms with Crippen LogP contribution in [0.15, 0.2) is 28.7 Å². The van der Waals surface area contributed by atoms with Crippen molar-refractivity contribution in [2.24, 2.45) is 10.3 Å². The van der Waals surface area contributed by atoms with Crippen LogP contribution in [0.3, 0.4) is 0 Å². The fraction of sp³-hybridized carbons (Fsp3) is 0.286. The molecule has 0 bridgehead atoms. The van der Waals surface area contributed by atoms with Gasteiger partial charge in [0.1, 0.15) is 17.6 Å². The third-order valence-corrected chi connectivity index (χ3v) is 1.45. The number of rotatable bonds is 3. The van der Waals surface area contributed by atoms with Crippen LogP contribution in [-0.2, 0) is 0 Å². The van der Waals surface area contributed by atoms with Gasteiger partial charge in [0.05, 0.1) is 6.20 Å². The fourth-order valence-electron chi connectivity index (χ4n) is 0.583. The summed E-state index contributed by atoms with van der Waals surface area (Å²) in [6.07, 6.45) is 1.50. The van der Waals surface area contributed by atoms with Gasteiger partial charge in [-0.1, -0.05) is 16.8 Å². The molecule has 1 rings (SSSR count). The first-order chi connectivity index (χ1) is 6.22. The molecule has 1 aromatic rings. The van der Waals surface area contributed by atoms with Gasteiger partial charge in [-0.15, -0.1) is 5.11 Å². The summed E-state index contributed by atoms with van der Waals surface area (Å²) in [4.78, 5) is 3.81. The van der Waals surface area contributed by atoms with Crippen molar-refractivity contribution in [2.45, 2.75) is 0 Å². The predicted octanol–water partition coefficient (Wildman–Crippen LogP) is 1.62. The number of halogens is 1. The molecule has 1 aromatic heterocycles. The van der Waals surface area contributed by atoms with E-state index >= 15 is 0 Å². The normalized spacial score (nSPS) is 10.7. The van der Waals surface area contributed by atoms with Crippen LogP contribution in [0.5, 0.6) is 0 Å². The average molecular weight is 201 g/mol. The average Bonchev–Trinajstić information content (AvgIpc) is 2.16. The van der Waals surface area contributed by atoms with E-state index in [1.165, 1.54) is 11.2 Å². The summed E-state index contributed by atoms with van der Waals surface area (Å²) in [5, 5.41) is 17.7. The highest BCUT2D eigenvalue weighted by Crippen LogP contribution is 2.13. The second-order valence-electron chi connectivity index (χ2n) is 2.33. The predicted molar refractivity (Wildman–Crippen MR) is 48.6 cm³/mol. The molecular formula is C7H9ClN4O. The van der Waals surface area contributed by atoms with Crippen LogP contribution in [0.2, 0.25) is 5.15 Å². The summed E-state index contributed by atoms with van der Waals surface area (Å²) in [5.41, 5.74) is 0.588. The first kappa shape index (κ1) is 9.88. The van der Waals surface area contributed by atoms with Crippen LogP contribution in [0.1, 0.15) is 0 Å². The Kier molecular flexibility index (Phi) is 3.60. The maximum atomic E-state index is 8.59. The van der Waals surface area contributed by atoms with E-state index < -0.39 is 0 Å². The molecule has 1 heterocycles. The van der Waals surface area contributed by atoms with E-state index in [1.807, 2.05) is 0 Å². The van der Waals surface area contributed by atoms with E-state index in [9.17, 15) is 0 Å². The molecule has 0 fully saturated rings. The number of aliphatic hydroxyl groups excluding tert-OH is 1. The van der Waals surface area contributed by atoms with E-state index in [2.05, 4.69) is 15.3 Å². The largest absolute Gasteiger partial charge is 0.375 e. The monoisotopic (exact) mass is 200 g/mol. The van der Waals surface area contributed by atoms with Crippen molar-refractivity contribution in [1.82, 2.24) is 9.99 Å². The van der Waals surface area contributed by atoms with Crippen molar-refractivity contribution in [3.63, 3.8) is 0 Å². The van der Waals surface area contributed by atoms with Gasteiger partial charge in [0, 0.05) is 7.05 Å². The molecule has 0 aliphatic rings. The second-order valence-corrected chi connectivity index (χ2v) is 2.71. The summed E-state index contributed by atoms with van der Waals surface area (Å²) < 4.78 is 0. The Labute approximate surface area is 80.7 Å². The van der Waals surface area contributed by atoms with E-state index in [0.29, 0.717) is 10.8 Å². The van der Waals surface area contributed by atoms with E-state index in [4.69, 9.17) is 16.7 Å². The zero-order chi connectivity index (χ0) is 9.68. The van der Waals surface area contributed by atoms with Crippen LogP contribution in [-0.4, -0.2) is 28.9 Å². The van der Waals surface area contributed by atoms with Gasteiger partial charge in [0.2, 0.25) is 0 Å². The highest BCUT2D eigenvalue weighted by Gasteiger charge is 1.91. The Bertz CT molecular complexity index is 287. The minimum absolute atomic E-state index is 0.176. The molecule has 0 aliphatic heterocycles. The molecule has 5 nitrogen and oxygen atoms in total. The van der Waals surface area contributed by atoms with Crippen molar-refractivity contribution < 1.29 is 5.11 Å². The number of nitrogens with zero attached hydrogens (tertiary/aromatic N) is 4. The van der Waals surface area contributed by atoms with Gasteiger partial charge in [0.25, 0.3) is 0 Å². The zero-order valence-corrected chi connectivity index (χ0v) is 7.81. The summed E-state index contributed by atoms with van der Waals surface area (Å²) in [7, 11) is 1.60. The van der Waals surface area contributed by atoms with E-state index in [1.54, 1.807) is 19.2 Å². The molecular weight excluding hydrogens is 192 g/mol. The van der Waals surface area contributed by atoms with Crippen LogP contribution in [0.4, 0.5) is 5.69 Å². The summed E-state index contributed by atoms with van der Waals surface area (Å²) in [5.74, 6) is 0. The quantitative estimate of drug-likeness (QED) is 0.349. The highest BCUT2D eigenvalue weighted by molar-refractivity contribution is 6.29. The Balaban J connectivity index is 2.64. The molecule has 0 amide bonds. The minimum Gasteiger partial charge on any atom is -0.375 e. The van der Waals surface area contributed by atoms with Gasteiger partial charge in [-0.3, -0.25) is 5.01 Å². The van der Waals surface area contributed by atoms with Gasteiger partial charge in [-0.25, -0.2) is 4.98 Å². The lowest BCUT2D eigenvalue weighted by Gasteiger charge is -2.04. The van der Waals surface area contributed by atoms with Crippen LogP contribution in [0.25, 0.3) is 0 Å². The number of aromatic nitrogens is 1. The summed E-state index contributed by atoms with van der Waals surface area (Å²) >= 11 is 5.57. The molecule has 0 aromatic carbocycles. The lowest BCUT2D eigenvalue weighted by atomic mass is 10.4. The molecule has 1 N–H and O–H groups in total. The lowest BCUT2D eigenvalue weighted by Crippen LogP contribution is -2.10. The maximum absolute atomic E-state index is 8.59. The first-order valence-electron chi connectivity index (χ1n) is 3.57. The Morgan fingerprint density at radius 2 is 2.38 bits per heavy atom. The Hall–Kier alpha value is -1.20. The van der Waals surface area contributed by atoms with E-state index in [-0.39, 0.29) is 6.73 Å². The Morgan fingerprint density at radius 3 is 2.92 bits per heavy atom. The summed E-state index contributed by atoms with van der Waals surface area (Å²) in [6.45, 7) is -0.176. The number of hydrogen-bond donors (Lipinski definition) is 1. The third kappa shape index (κ3) is 3.35. The Morgan fingerprint density at radius 1 is 1.62 bits per heavy atom. The topological polar surface area (TPSA) is 61.1 Å². The zero-order valence-electron chi connectivity index (χ0n) is 7.05. The number of hydrogen-bond acceptors (Lipinski definition) is 4. The van der Waals surface area contributed by atoms with Crippen molar-refractivity contribution in [1.29, 1.82) is 0 Å². The molecule has 13 heavy (non-hydrogen) atoms. The van der Waals surface area contributed by atoms with Crippen LogP contribution >= 0.6 is 11.6 Å².